The van der Waals surface area contributed by atoms with Crippen molar-refractivity contribution in [1.29, 1.82) is 0 Å². The number of nitrogens with one attached hydrogen (secondary N) is 2. The maximum absolute atomic E-state index is 13.3. The molecule has 1 aliphatic carbocycles. The summed E-state index contributed by atoms with van der Waals surface area (Å²) in [6.45, 7) is 6.13. The van der Waals surface area contributed by atoms with Crippen molar-refractivity contribution >= 4 is 12.0 Å². The Balaban J connectivity index is 1.85. The molecule has 0 saturated heterocycles. The molecule has 1 saturated carbocycles. The molecule has 0 aromatic heterocycles. The summed E-state index contributed by atoms with van der Waals surface area (Å²) in [5.41, 5.74) is 0.380. The van der Waals surface area contributed by atoms with Crippen LogP contribution in [-0.4, -0.2) is 30.7 Å². The second-order valence-corrected chi connectivity index (χ2v) is 8.30. The van der Waals surface area contributed by atoms with E-state index in [1.54, 1.807) is 20.8 Å². The second-order valence-electron chi connectivity index (χ2n) is 8.30. The van der Waals surface area contributed by atoms with E-state index in [1.165, 1.54) is 18.6 Å². The SMILES string of the molecule is CC(C)(C)OC(=O)NCCC(=O)NCC1(c2ccc(F)cc2)CCCCC1. The molecule has 2 amide bonds. The summed E-state index contributed by atoms with van der Waals surface area (Å²) in [6, 6.07) is 6.63. The predicted octanol–water partition coefficient (Wildman–Crippen LogP) is 4.06. The van der Waals surface area contributed by atoms with Crippen LogP contribution in [0.1, 0.15) is 64.9 Å². The van der Waals surface area contributed by atoms with Gasteiger partial charge in [-0.25, -0.2) is 9.18 Å². The molecule has 2 rings (SSSR count). The summed E-state index contributed by atoms with van der Waals surface area (Å²) in [7, 11) is 0. The van der Waals surface area contributed by atoms with Crippen molar-refractivity contribution in [2.24, 2.45) is 0 Å². The molecule has 1 aliphatic rings. The molecule has 0 spiro atoms. The van der Waals surface area contributed by atoms with Gasteiger partial charge in [-0.15, -0.1) is 0 Å². The lowest BCUT2D eigenvalue weighted by Gasteiger charge is -2.38. The largest absolute Gasteiger partial charge is 0.444 e. The van der Waals surface area contributed by atoms with Crippen LogP contribution < -0.4 is 10.6 Å². The third-order valence-corrected chi connectivity index (χ3v) is 4.91. The first-order chi connectivity index (χ1) is 12.7. The predicted molar refractivity (Wildman–Crippen MR) is 103 cm³/mol. The lowest BCUT2D eigenvalue weighted by Crippen LogP contribution is -2.43. The van der Waals surface area contributed by atoms with Crippen molar-refractivity contribution in [3.63, 3.8) is 0 Å². The minimum Gasteiger partial charge on any atom is -0.444 e. The fourth-order valence-electron chi connectivity index (χ4n) is 3.55. The molecule has 6 heteroatoms. The Bertz CT molecular complexity index is 632. The van der Waals surface area contributed by atoms with Gasteiger partial charge in [0.25, 0.3) is 0 Å². The van der Waals surface area contributed by atoms with Gasteiger partial charge >= 0.3 is 6.09 Å². The molecule has 27 heavy (non-hydrogen) atoms. The number of ether oxygens (including phenoxy) is 1. The third-order valence-electron chi connectivity index (χ3n) is 4.91. The molecule has 1 aromatic rings. The van der Waals surface area contributed by atoms with Gasteiger partial charge in [0, 0.05) is 24.9 Å². The maximum Gasteiger partial charge on any atom is 0.407 e. The zero-order valence-corrected chi connectivity index (χ0v) is 16.6. The van der Waals surface area contributed by atoms with Gasteiger partial charge < -0.3 is 15.4 Å². The number of carbonyl (C=O) groups is 2. The number of benzene rings is 1. The van der Waals surface area contributed by atoms with E-state index in [4.69, 9.17) is 4.74 Å². The number of hydrogen-bond donors (Lipinski definition) is 2. The van der Waals surface area contributed by atoms with Crippen LogP contribution in [0, 0.1) is 5.82 Å². The monoisotopic (exact) mass is 378 g/mol. The van der Waals surface area contributed by atoms with Crippen molar-refractivity contribution in [2.75, 3.05) is 13.1 Å². The minimum absolute atomic E-state index is 0.113. The van der Waals surface area contributed by atoms with E-state index in [-0.39, 0.29) is 30.1 Å². The van der Waals surface area contributed by atoms with Crippen LogP contribution in [0.3, 0.4) is 0 Å². The molecule has 2 N–H and O–H groups in total. The molecule has 0 aliphatic heterocycles. The number of hydrogen-bond acceptors (Lipinski definition) is 3. The molecule has 0 bridgehead atoms. The van der Waals surface area contributed by atoms with Gasteiger partial charge in [0.2, 0.25) is 5.91 Å². The first-order valence-electron chi connectivity index (χ1n) is 9.70. The Morgan fingerprint density at radius 1 is 1.07 bits per heavy atom. The molecule has 1 aromatic carbocycles. The quantitative estimate of drug-likeness (QED) is 0.784. The zero-order valence-electron chi connectivity index (χ0n) is 16.6. The van der Waals surface area contributed by atoms with Gasteiger partial charge in [0.1, 0.15) is 11.4 Å². The van der Waals surface area contributed by atoms with Gasteiger partial charge in [-0.3, -0.25) is 4.79 Å². The fourth-order valence-corrected chi connectivity index (χ4v) is 3.55. The third kappa shape index (κ3) is 6.85. The summed E-state index contributed by atoms with van der Waals surface area (Å²) in [6.07, 6.45) is 5.03. The minimum atomic E-state index is -0.561. The molecule has 1 fully saturated rings. The first-order valence-corrected chi connectivity index (χ1v) is 9.70. The highest BCUT2D eigenvalue weighted by Gasteiger charge is 2.34. The summed E-state index contributed by atoms with van der Waals surface area (Å²) in [5.74, 6) is -0.361. The Morgan fingerprint density at radius 3 is 2.30 bits per heavy atom. The van der Waals surface area contributed by atoms with Crippen molar-refractivity contribution in [3.05, 3.63) is 35.6 Å². The van der Waals surface area contributed by atoms with Crippen molar-refractivity contribution < 1.29 is 18.7 Å². The Hall–Kier alpha value is -2.11. The van der Waals surface area contributed by atoms with Gasteiger partial charge in [-0.05, 0) is 51.3 Å². The Kier molecular flexibility index (Phi) is 7.22. The standard InChI is InChI=1S/C21H31FN2O3/c1-20(2,3)27-19(26)23-14-11-18(25)24-15-21(12-5-4-6-13-21)16-7-9-17(22)10-8-16/h7-10H,4-6,11-15H2,1-3H3,(H,23,26)(H,24,25). The van der Waals surface area contributed by atoms with E-state index in [1.807, 2.05) is 12.1 Å². The summed E-state index contributed by atoms with van der Waals surface area (Å²) >= 11 is 0. The first kappa shape index (κ1) is 21.2. The van der Waals surface area contributed by atoms with Crippen molar-refractivity contribution in [3.8, 4) is 0 Å². The number of amides is 2. The summed E-state index contributed by atoms with van der Waals surface area (Å²) in [4.78, 5) is 23.8. The molecule has 0 unspecified atom stereocenters. The van der Waals surface area contributed by atoms with Crippen LogP contribution in [-0.2, 0) is 14.9 Å². The van der Waals surface area contributed by atoms with E-state index in [0.717, 1.165) is 31.2 Å². The van der Waals surface area contributed by atoms with E-state index < -0.39 is 11.7 Å². The summed E-state index contributed by atoms with van der Waals surface area (Å²) in [5, 5.41) is 5.60. The van der Waals surface area contributed by atoms with Gasteiger partial charge in [0.05, 0.1) is 0 Å². The van der Waals surface area contributed by atoms with Crippen molar-refractivity contribution in [2.45, 2.75) is 70.3 Å². The number of carbonyl (C=O) groups excluding carboxylic acids is 2. The van der Waals surface area contributed by atoms with Crippen molar-refractivity contribution in [1.82, 2.24) is 10.6 Å². The van der Waals surface area contributed by atoms with Crippen LogP contribution in [0.2, 0.25) is 0 Å². The molecular formula is C21H31FN2O3. The van der Waals surface area contributed by atoms with Crippen LogP contribution >= 0.6 is 0 Å². The average molecular weight is 378 g/mol. The molecule has 0 radical (unpaired) electrons. The van der Waals surface area contributed by atoms with Crippen LogP contribution in [0.25, 0.3) is 0 Å². The smallest absolute Gasteiger partial charge is 0.407 e. The van der Waals surface area contributed by atoms with Gasteiger partial charge in [-0.1, -0.05) is 31.4 Å². The van der Waals surface area contributed by atoms with Gasteiger partial charge in [-0.2, -0.15) is 0 Å². The van der Waals surface area contributed by atoms with Crippen LogP contribution in [0.5, 0.6) is 0 Å². The average Bonchev–Trinajstić information content (AvgIpc) is 2.60. The molecule has 0 heterocycles. The summed E-state index contributed by atoms with van der Waals surface area (Å²) < 4.78 is 18.4. The lowest BCUT2D eigenvalue weighted by molar-refractivity contribution is -0.121. The topological polar surface area (TPSA) is 67.4 Å². The van der Waals surface area contributed by atoms with Crippen LogP contribution in [0.4, 0.5) is 9.18 Å². The van der Waals surface area contributed by atoms with E-state index in [2.05, 4.69) is 10.6 Å². The van der Waals surface area contributed by atoms with Crippen LogP contribution in [0.15, 0.2) is 24.3 Å². The van der Waals surface area contributed by atoms with E-state index in [0.29, 0.717) is 6.54 Å². The zero-order chi connectivity index (χ0) is 19.9. The Morgan fingerprint density at radius 2 is 1.70 bits per heavy atom. The molecule has 5 nitrogen and oxygen atoms in total. The highest BCUT2D eigenvalue weighted by Crippen LogP contribution is 2.39. The second kappa shape index (κ2) is 9.20. The fraction of sp³-hybridized carbons (Fsp3) is 0.619. The molecular weight excluding hydrogens is 347 g/mol. The lowest BCUT2D eigenvalue weighted by atomic mass is 9.69. The Labute approximate surface area is 161 Å². The number of rotatable bonds is 6. The molecule has 0 atom stereocenters. The molecule has 150 valence electrons. The van der Waals surface area contributed by atoms with E-state index in [9.17, 15) is 14.0 Å². The number of alkyl carbamates (subject to hydrolysis) is 1. The highest BCUT2D eigenvalue weighted by atomic mass is 19.1. The number of halogens is 1. The maximum atomic E-state index is 13.3. The normalized spacial score (nSPS) is 16.4. The highest BCUT2D eigenvalue weighted by molar-refractivity contribution is 5.77. The van der Waals surface area contributed by atoms with Gasteiger partial charge in [0.15, 0.2) is 0 Å². The van der Waals surface area contributed by atoms with E-state index >= 15 is 0 Å².